The van der Waals surface area contributed by atoms with Crippen LogP contribution in [-0.2, 0) is 9.53 Å². The van der Waals surface area contributed by atoms with Crippen LogP contribution in [0.25, 0.3) is 0 Å². The zero-order valence-electron chi connectivity index (χ0n) is 18.3. The predicted molar refractivity (Wildman–Crippen MR) is 122 cm³/mol. The van der Waals surface area contributed by atoms with Crippen LogP contribution >= 0.6 is 11.3 Å². The topological polar surface area (TPSA) is 74.8 Å². The molecule has 3 rings (SSSR count). The molecule has 1 aromatic carbocycles. The van der Waals surface area contributed by atoms with Crippen LogP contribution in [0.5, 0.6) is 0 Å². The first-order valence-electron chi connectivity index (χ1n) is 10.4. The molecule has 7 nitrogen and oxygen atoms in total. The molecule has 0 bridgehead atoms. The number of carbonyl (C=O) groups excluding carboxylic acids is 2. The fraction of sp³-hybridized carbons (Fsp3) is 0.435. The maximum Gasteiger partial charge on any atom is 0.325 e. The van der Waals surface area contributed by atoms with Gasteiger partial charge in [0.1, 0.15) is 11.6 Å². The number of amides is 1. The van der Waals surface area contributed by atoms with Crippen LogP contribution < -0.4 is 5.32 Å². The molecule has 3 atom stereocenters. The zero-order valence-corrected chi connectivity index (χ0v) is 19.1. The van der Waals surface area contributed by atoms with Crippen molar-refractivity contribution in [3.63, 3.8) is 0 Å². The molecule has 1 N–H and O–H groups in total. The number of benzene rings is 1. The molecular formula is C23H30N4O3S. The van der Waals surface area contributed by atoms with Gasteiger partial charge in [-0.05, 0) is 31.5 Å². The Bertz CT molecular complexity index is 885. The summed E-state index contributed by atoms with van der Waals surface area (Å²) in [5.74, 6) is -0.782. The van der Waals surface area contributed by atoms with Crippen molar-refractivity contribution < 1.29 is 14.3 Å². The van der Waals surface area contributed by atoms with Crippen LogP contribution in [0, 0.1) is 0 Å². The van der Waals surface area contributed by atoms with Crippen LogP contribution in [0.1, 0.15) is 40.8 Å². The highest BCUT2D eigenvalue weighted by Gasteiger charge is 2.35. The molecule has 1 amide bonds. The number of methoxy groups -OCH3 is 1. The number of carbonyl (C=O) groups is 2. The Kier molecular flexibility index (Phi) is 7.95. The smallest absolute Gasteiger partial charge is 0.325 e. The van der Waals surface area contributed by atoms with Gasteiger partial charge < -0.3 is 10.1 Å². The van der Waals surface area contributed by atoms with Gasteiger partial charge in [-0.25, -0.2) is 4.98 Å². The summed E-state index contributed by atoms with van der Waals surface area (Å²) < 4.78 is 4.56. The van der Waals surface area contributed by atoms with Gasteiger partial charge in [-0.1, -0.05) is 18.2 Å². The van der Waals surface area contributed by atoms with E-state index in [2.05, 4.69) is 45.3 Å². The van der Waals surface area contributed by atoms with Crippen molar-refractivity contribution >= 4 is 23.2 Å². The number of nitrogens with one attached hydrogen (secondary N) is 1. The van der Waals surface area contributed by atoms with Crippen LogP contribution in [-0.4, -0.2) is 72.0 Å². The van der Waals surface area contributed by atoms with Crippen LogP contribution in [0.3, 0.4) is 0 Å². The van der Waals surface area contributed by atoms with E-state index in [9.17, 15) is 9.59 Å². The highest BCUT2D eigenvalue weighted by Crippen LogP contribution is 2.34. The number of aromatic nitrogens is 1. The van der Waals surface area contributed by atoms with Crippen LogP contribution in [0.2, 0.25) is 0 Å². The largest absolute Gasteiger partial charge is 0.468 e. The van der Waals surface area contributed by atoms with Gasteiger partial charge in [-0.3, -0.25) is 19.4 Å². The number of thiazole rings is 1. The molecule has 1 saturated heterocycles. The summed E-state index contributed by atoms with van der Waals surface area (Å²) in [6.45, 7) is 11.0. The number of ether oxygens (including phenoxy) is 1. The van der Waals surface area contributed by atoms with Crippen molar-refractivity contribution in [3.05, 3.63) is 64.6 Å². The predicted octanol–water partition coefficient (Wildman–Crippen LogP) is 2.72. The van der Waals surface area contributed by atoms with E-state index in [1.807, 2.05) is 29.8 Å². The molecule has 0 unspecified atom stereocenters. The molecule has 2 heterocycles. The molecule has 8 heteroatoms. The second kappa shape index (κ2) is 10.7. The van der Waals surface area contributed by atoms with E-state index in [-0.39, 0.29) is 18.5 Å². The maximum atomic E-state index is 12.3. The molecule has 0 aliphatic carbocycles. The highest BCUT2D eigenvalue weighted by atomic mass is 32.1. The summed E-state index contributed by atoms with van der Waals surface area (Å²) >= 11 is 1.64. The Labute approximate surface area is 187 Å². The molecule has 1 aromatic heterocycles. The second-order valence-corrected chi connectivity index (χ2v) is 8.72. The highest BCUT2D eigenvalue weighted by molar-refractivity contribution is 7.09. The third-order valence-electron chi connectivity index (χ3n) is 5.65. The molecule has 1 aliphatic rings. The first-order chi connectivity index (χ1) is 14.9. The Balaban J connectivity index is 1.81. The third-order valence-corrected chi connectivity index (χ3v) is 6.48. The van der Waals surface area contributed by atoms with Crippen molar-refractivity contribution in [1.82, 2.24) is 20.1 Å². The Morgan fingerprint density at radius 2 is 2.03 bits per heavy atom. The SMILES string of the molecule is C=CCN1C[C@@H](C)N([C@@H](c2ccc(C(=O)NCC(=O)OC)cc2)c2nccs2)C[C@@H]1C. The van der Waals surface area contributed by atoms with E-state index in [1.54, 1.807) is 23.5 Å². The minimum absolute atomic E-state index is 0.0236. The summed E-state index contributed by atoms with van der Waals surface area (Å²) in [7, 11) is 1.29. The minimum atomic E-state index is -0.479. The van der Waals surface area contributed by atoms with Crippen molar-refractivity contribution in [2.75, 3.05) is 33.3 Å². The van der Waals surface area contributed by atoms with Gasteiger partial charge in [0.25, 0.3) is 5.91 Å². The molecule has 166 valence electrons. The Morgan fingerprint density at radius 1 is 1.29 bits per heavy atom. The lowest BCUT2D eigenvalue weighted by Gasteiger charge is -2.46. The summed E-state index contributed by atoms with van der Waals surface area (Å²) in [4.78, 5) is 33.1. The molecular weight excluding hydrogens is 412 g/mol. The van der Waals surface area contributed by atoms with Gasteiger partial charge >= 0.3 is 5.97 Å². The summed E-state index contributed by atoms with van der Waals surface area (Å²) in [6, 6.07) is 8.32. The third kappa shape index (κ3) is 5.58. The number of nitrogens with zero attached hydrogens (tertiary/aromatic N) is 3. The van der Waals surface area contributed by atoms with Gasteiger partial charge in [-0.2, -0.15) is 0 Å². The molecule has 31 heavy (non-hydrogen) atoms. The number of hydrogen-bond acceptors (Lipinski definition) is 7. The lowest BCUT2D eigenvalue weighted by molar-refractivity contribution is -0.139. The monoisotopic (exact) mass is 442 g/mol. The molecule has 1 fully saturated rings. The zero-order chi connectivity index (χ0) is 22.4. The van der Waals surface area contributed by atoms with E-state index in [0.717, 1.165) is 30.2 Å². The summed E-state index contributed by atoms with van der Waals surface area (Å²) in [5, 5.41) is 5.61. The lowest BCUT2D eigenvalue weighted by Crippen LogP contribution is -2.57. The summed E-state index contributed by atoms with van der Waals surface area (Å²) in [6.07, 6.45) is 3.80. The summed E-state index contributed by atoms with van der Waals surface area (Å²) in [5.41, 5.74) is 1.60. The maximum absolute atomic E-state index is 12.3. The van der Waals surface area contributed by atoms with E-state index in [4.69, 9.17) is 0 Å². The number of piperazine rings is 1. The fourth-order valence-corrected chi connectivity index (χ4v) is 4.78. The average molecular weight is 443 g/mol. The fourth-order valence-electron chi connectivity index (χ4n) is 3.99. The van der Waals surface area contributed by atoms with Gasteiger partial charge in [0.05, 0.1) is 13.2 Å². The van der Waals surface area contributed by atoms with Gasteiger partial charge in [0.15, 0.2) is 0 Å². The number of rotatable bonds is 8. The van der Waals surface area contributed by atoms with Gasteiger partial charge in [-0.15, -0.1) is 17.9 Å². The minimum Gasteiger partial charge on any atom is -0.468 e. The first kappa shape index (κ1) is 23.1. The normalized spacial score (nSPS) is 20.7. The lowest BCUT2D eigenvalue weighted by atomic mass is 9.98. The first-order valence-corrected chi connectivity index (χ1v) is 11.3. The van der Waals surface area contributed by atoms with Crippen LogP contribution in [0.4, 0.5) is 0 Å². The molecule has 0 saturated carbocycles. The standard InChI is InChI=1S/C23H30N4O3S/c1-5-11-26-14-17(3)27(15-16(26)2)21(23-24-10-12-31-23)18-6-8-19(9-7-18)22(29)25-13-20(28)30-4/h5-10,12,16-17,21H,1,11,13-15H2,2-4H3,(H,25,29)/t16-,17+,21-/m0/s1. The van der Waals surface area contributed by atoms with E-state index in [1.165, 1.54) is 7.11 Å². The molecule has 2 aromatic rings. The number of hydrogen-bond donors (Lipinski definition) is 1. The van der Waals surface area contributed by atoms with E-state index >= 15 is 0 Å². The van der Waals surface area contributed by atoms with Crippen molar-refractivity contribution in [2.45, 2.75) is 32.0 Å². The average Bonchev–Trinajstić information content (AvgIpc) is 3.30. The number of esters is 1. The van der Waals surface area contributed by atoms with Gasteiger partial charge in [0, 0.05) is 48.9 Å². The van der Waals surface area contributed by atoms with Gasteiger partial charge in [0.2, 0.25) is 0 Å². The molecule has 1 aliphatic heterocycles. The van der Waals surface area contributed by atoms with E-state index < -0.39 is 5.97 Å². The van der Waals surface area contributed by atoms with Crippen molar-refractivity contribution in [3.8, 4) is 0 Å². The Morgan fingerprint density at radius 3 is 2.65 bits per heavy atom. The van der Waals surface area contributed by atoms with Crippen molar-refractivity contribution in [1.29, 1.82) is 0 Å². The Hall–Kier alpha value is -2.55. The van der Waals surface area contributed by atoms with Crippen LogP contribution in [0.15, 0.2) is 48.5 Å². The second-order valence-electron chi connectivity index (χ2n) is 7.79. The van der Waals surface area contributed by atoms with Crippen molar-refractivity contribution in [2.24, 2.45) is 0 Å². The molecule has 0 spiro atoms. The quantitative estimate of drug-likeness (QED) is 0.501. The molecule has 0 radical (unpaired) electrons. The van der Waals surface area contributed by atoms with E-state index in [0.29, 0.717) is 17.6 Å².